The first-order valence-electron chi connectivity index (χ1n) is 4.28. The van der Waals surface area contributed by atoms with E-state index in [1.165, 1.54) is 26.3 Å². The van der Waals surface area contributed by atoms with Crippen molar-refractivity contribution in [3.05, 3.63) is 0 Å². The van der Waals surface area contributed by atoms with E-state index in [0.29, 0.717) is 12.6 Å². The molecule has 2 N–H and O–H groups in total. The van der Waals surface area contributed by atoms with Gasteiger partial charge in [-0.2, -0.15) is 0 Å². The van der Waals surface area contributed by atoms with E-state index in [0.717, 1.165) is 0 Å². The highest BCUT2D eigenvalue weighted by atomic mass is 32.2. The van der Waals surface area contributed by atoms with Crippen LogP contribution in [0.25, 0.3) is 0 Å². The molecule has 0 amide bonds. The van der Waals surface area contributed by atoms with E-state index in [2.05, 4.69) is 10.0 Å². The molecule has 1 aliphatic rings. The summed E-state index contributed by atoms with van der Waals surface area (Å²) < 4.78 is 24.2. The second kappa shape index (κ2) is 4.20. The Hall–Kier alpha value is -0.130. The molecule has 1 saturated carbocycles. The van der Waals surface area contributed by atoms with E-state index in [4.69, 9.17) is 0 Å². The average Bonchev–Trinajstić information content (AvgIpc) is 1.95. The quantitative estimate of drug-likeness (QED) is 0.627. The second-order valence-corrected chi connectivity index (χ2v) is 5.15. The monoisotopic (exact) mass is 192 g/mol. The molecule has 0 bridgehead atoms. The molecule has 0 aromatic rings. The number of sulfonamides is 1. The summed E-state index contributed by atoms with van der Waals surface area (Å²) in [7, 11) is -1.57. The maximum atomic E-state index is 10.9. The summed E-state index contributed by atoms with van der Waals surface area (Å²) in [5.74, 6) is 0.181. The van der Waals surface area contributed by atoms with E-state index < -0.39 is 10.0 Å². The fraction of sp³-hybridized carbons (Fsp3) is 1.00. The van der Waals surface area contributed by atoms with Crippen molar-refractivity contribution >= 4 is 10.0 Å². The molecule has 0 saturated heterocycles. The first-order valence-corrected chi connectivity index (χ1v) is 5.94. The molecule has 5 heteroatoms. The summed E-state index contributed by atoms with van der Waals surface area (Å²) in [5.41, 5.74) is 0. The van der Waals surface area contributed by atoms with Gasteiger partial charge >= 0.3 is 0 Å². The van der Waals surface area contributed by atoms with Crippen LogP contribution in [0.3, 0.4) is 0 Å². The minimum atomic E-state index is -3.01. The summed E-state index contributed by atoms with van der Waals surface area (Å²) in [4.78, 5) is 0. The highest BCUT2D eigenvalue weighted by molar-refractivity contribution is 7.89. The van der Waals surface area contributed by atoms with Gasteiger partial charge in [0, 0.05) is 12.6 Å². The third-order valence-electron chi connectivity index (χ3n) is 2.22. The zero-order valence-corrected chi connectivity index (χ0v) is 8.15. The lowest BCUT2D eigenvalue weighted by molar-refractivity contribution is 0.346. The van der Waals surface area contributed by atoms with E-state index in [1.807, 2.05) is 0 Å². The van der Waals surface area contributed by atoms with Crippen molar-refractivity contribution in [1.82, 2.24) is 10.0 Å². The Morgan fingerprint density at radius 1 is 1.42 bits per heavy atom. The fourth-order valence-corrected chi connectivity index (χ4v) is 1.70. The van der Waals surface area contributed by atoms with Crippen LogP contribution in [-0.4, -0.2) is 33.8 Å². The van der Waals surface area contributed by atoms with E-state index in [9.17, 15) is 8.42 Å². The topological polar surface area (TPSA) is 58.2 Å². The molecule has 4 nitrogen and oxygen atoms in total. The summed E-state index contributed by atoms with van der Waals surface area (Å²) in [6.07, 6.45) is 3.66. The van der Waals surface area contributed by atoms with E-state index in [1.54, 1.807) is 0 Å². The van der Waals surface area contributed by atoms with Gasteiger partial charge in [-0.3, -0.25) is 0 Å². The molecule has 0 unspecified atom stereocenters. The molecule has 1 fully saturated rings. The summed E-state index contributed by atoms with van der Waals surface area (Å²) in [6, 6.07) is 0.567. The number of rotatable bonds is 5. The molecule has 0 atom stereocenters. The smallest absolute Gasteiger partial charge is 0.212 e. The van der Waals surface area contributed by atoms with Crippen molar-refractivity contribution in [3.63, 3.8) is 0 Å². The predicted molar refractivity (Wildman–Crippen MR) is 48.5 cm³/mol. The van der Waals surface area contributed by atoms with Gasteiger partial charge in [-0.15, -0.1) is 0 Å². The van der Waals surface area contributed by atoms with Gasteiger partial charge in [0.05, 0.1) is 5.75 Å². The first-order chi connectivity index (χ1) is 5.64. The highest BCUT2D eigenvalue weighted by Crippen LogP contribution is 2.17. The average molecular weight is 192 g/mol. The Morgan fingerprint density at radius 3 is 2.50 bits per heavy atom. The lowest BCUT2D eigenvalue weighted by Crippen LogP contribution is -2.39. The predicted octanol–water partition coefficient (Wildman–Crippen LogP) is -0.322. The normalized spacial score (nSPS) is 19.1. The molecular formula is C7H16N2O2S. The molecule has 12 heavy (non-hydrogen) atoms. The Labute approximate surface area is 73.8 Å². The van der Waals surface area contributed by atoms with Crippen molar-refractivity contribution in [2.75, 3.05) is 19.3 Å². The Morgan fingerprint density at radius 2 is 2.08 bits per heavy atom. The standard InChI is InChI=1S/C7H16N2O2S/c1-8-12(10,11)6-5-9-7-3-2-4-7/h7-9H,2-6H2,1H3. The van der Waals surface area contributed by atoms with Gasteiger partial charge in [0.2, 0.25) is 10.0 Å². The van der Waals surface area contributed by atoms with Gasteiger partial charge in [0.1, 0.15) is 0 Å². The van der Waals surface area contributed by atoms with Gasteiger partial charge in [0.25, 0.3) is 0 Å². The molecule has 0 heterocycles. The van der Waals surface area contributed by atoms with Gasteiger partial charge < -0.3 is 5.32 Å². The lowest BCUT2D eigenvalue weighted by Gasteiger charge is -2.26. The van der Waals surface area contributed by atoms with Crippen molar-refractivity contribution in [3.8, 4) is 0 Å². The molecule has 0 radical (unpaired) electrons. The largest absolute Gasteiger partial charge is 0.313 e. The number of hydrogen-bond donors (Lipinski definition) is 2. The van der Waals surface area contributed by atoms with Crippen LogP contribution >= 0.6 is 0 Å². The minimum Gasteiger partial charge on any atom is -0.313 e. The molecular weight excluding hydrogens is 176 g/mol. The number of nitrogens with one attached hydrogen (secondary N) is 2. The van der Waals surface area contributed by atoms with Crippen LogP contribution in [0.1, 0.15) is 19.3 Å². The van der Waals surface area contributed by atoms with Gasteiger partial charge in [-0.1, -0.05) is 6.42 Å². The van der Waals surface area contributed by atoms with Crippen LogP contribution in [0.5, 0.6) is 0 Å². The van der Waals surface area contributed by atoms with Crippen molar-refractivity contribution < 1.29 is 8.42 Å². The Bertz CT molecular complexity index is 222. The summed E-state index contributed by atoms with van der Waals surface area (Å²) in [5, 5.41) is 3.19. The molecule has 0 spiro atoms. The van der Waals surface area contributed by atoms with Crippen LogP contribution in [0, 0.1) is 0 Å². The summed E-state index contributed by atoms with van der Waals surface area (Å²) in [6.45, 7) is 0.563. The zero-order valence-electron chi connectivity index (χ0n) is 7.34. The third kappa shape index (κ3) is 3.08. The minimum absolute atomic E-state index is 0.181. The van der Waals surface area contributed by atoms with Crippen LogP contribution in [0.4, 0.5) is 0 Å². The van der Waals surface area contributed by atoms with Gasteiger partial charge in [0.15, 0.2) is 0 Å². The number of hydrogen-bond acceptors (Lipinski definition) is 3. The van der Waals surface area contributed by atoms with Gasteiger partial charge in [-0.25, -0.2) is 13.1 Å². The van der Waals surface area contributed by atoms with Crippen LogP contribution in [-0.2, 0) is 10.0 Å². The SMILES string of the molecule is CNS(=O)(=O)CCNC1CCC1. The zero-order chi connectivity index (χ0) is 9.03. The molecule has 0 aromatic heterocycles. The third-order valence-corrected chi connectivity index (χ3v) is 3.58. The van der Waals surface area contributed by atoms with Crippen molar-refractivity contribution in [2.24, 2.45) is 0 Å². The van der Waals surface area contributed by atoms with Crippen LogP contribution in [0.2, 0.25) is 0 Å². The van der Waals surface area contributed by atoms with Crippen LogP contribution in [0.15, 0.2) is 0 Å². The molecule has 72 valence electrons. The fourth-order valence-electron chi connectivity index (χ4n) is 1.11. The highest BCUT2D eigenvalue weighted by Gasteiger charge is 2.16. The molecule has 1 aliphatic carbocycles. The second-order valence-electron chi connectivity index (χ2n) is 3.10. The van der Waals surface area contributed by atoms with E-state index in [-0.39, 0.29) is 5.75 Å². The van der Waals surface area contributed by atoms with E-state index >= 15 is 0 Å². The van der Waals surface area contributed by atoms with Gasteiger partial charge in [-0.05, 0) is 19.9 Å². The van der Waals surface area contributed by atoms with Crippen molar-refractivity contribution in [2.45, 2.75) is 25.3 Å². The maximum absolute atomic E-state index is 10.9. The van der Waals surface area contributed by atoms with Crippen LogP contribution < -0.4 is 10.0 Å². The molecule has 0 aromatic carbocycles. The lowest BCUT2D eigenvalue weighted by atomic mass is 9.93. The first kappa shape index (κ1) is 9.95. The van der Waals surface area contributed by atoms with Crippen molar-refractivity contribution in [1.29, 1.82) is 0 Å². The summed E-state index contributed by atoms with van der Waals surface area (Å²) >= 11 is 0. The maximum Gasteiger partial charge on any atom is 0.212 e. The molecule has 1 rings (SSSR count). The Kier molecular flexibility index (Phi) is 3.49. The molecule has 0 aliphatic heterocycles. The Balaban J connectivity index is 2.08.